The SMILES string of the molecule is CN(C(=O)Cc1cc(Cl)c2c(c1)OCCO2)[C@H]1CCS(=O)(=O)C1. The molecule has 2 aliphatic heterocycles. The summed E-state index contributed by atoms with van der Waals surface area (Å²) >= 11 is 6.17. The number of rotatable bonds is 3. The predicted octanol–water partition coefficient (Wildman–Crippen LogP) is 1.30. The average molecular weight is 360 g/mol. The maximum absolute atomic E-state index is 12.4. The van der Waals surface area contributed by atoms with Gasteiger partial charge in [-0.1, -0.05) is 11.6 Å². The molecule has 0 aliphatic carbocycles. The average Bonchev–Trinajstić information content (AvgIpc) is 2.86. The summed E-state index contributed by atoms with van der Waals surface area (Å²) in [4.78, 5) is 13.9. The van der Waals surface area contributed by atoms with Crippen molar-refractivity contribution < 1.29 is 22.7 Å². The van der Waals surface area contributed by atoms with Crippen LogP contribution in [0.5, 0.6) is 11.5 Å². The van der Waals surface area contributed by atoms with Crippen molar-refractivity contribution in [3.63, 3.8) is 0 Å². The van der Waals surface area contributed by atoms with E-state index in [4.69, 9.17) is 21.1 Å². The Morgan fingerprint density at radius 1 is 1.35 bits per heavy atom. The van der Waals surface area contributed by atoms with E-state index in [1.54, 1.807) is 19.2 Å². The Morgan fingerprint density at radius 3 is 2.78 bits per heavy atom. The molecule has 0 N–H and O–H groups in total. The third kappa shape index (κ3) is 3.55. The largest absolute Gasteiger partial charge is 0.486 e. The second kappa shape index (κ2) is 6.20. The molecule has 1 saturated heterocycles. The van der Waals surface area contributed by atoms with Crippen LogP contribution in [0.2, 0.25) is 5.02 Å². The molecule has 3 rings (SSSR count). The lowest BCUT2D eigenvalue weighted by Gasteiger charge is -2.24. The summed E-state index contributed by atoms with van der Waals surface area (Å²) in [5.41, 5.74) is 0.719. The minimum atomic E-state index is -3.02. The van der Waals surface area contributed by atoms with Gasteiger partial charge in [0.2, 0.25) is 5.91 Å². The van der Waals surface area contributed by atoms with Crippen LogP contribution in [0.1, 0.15) is 12.0 Å². The minimum absolute atomic E-state index is 0.0388. The molecule has 23 heavy (non-hydrogen) atoms. The molecule has 0 unspecified atom stereocenters. The molecule has 6 nitrogen and oxygen atoms in total. The quantitative estimate of drug-likeness (QED) is 0.813. The van der Waals surface area contributed by atoms with Gasteiger partial charge in [-0.25, -0.2) is 8.42 Å². The molecule has 1 atom stereocenters. The lowest BCUT2D eigenvalue weighted by molar-refractivity contribution is -0.130. The molecule has 0 spiro atoms. The van der Waals surface area contributed by atoms with Gasteiger partial charge in [-0.15, -0.1) is 0 Å². The van der Waals surface area contributed by atoms with E-state index in [-0.39, 0.29) is 29.9 Å². The van der Waals surface area contributed by atoms with E-state index in [0.717, 1.165) is 5.56 Å². The van der Waals surface area contributed by atoms with E-state index in [1.807, 2.05) is 0 Å². The van der Waals surface area contributed by atoms with Gasteiger partial charge in [0.1, 0.15) is 13.2 Å². The standard InChI is InChI=1S/C15H18ClNO5S/c1-17(11-2-5-23(19,20)9-11)14(18)8-10-6-12(16)15-13(7-10)21-3-4-22-15/h6-7,11H,2-5,8-9H2,1H3/t11-/m0/s1. The van der Waals surface area contributed by atoms with Crippen LogP contribution in [0.4, 0.5) is 0 Å². The molecule has 2 aliphatic rings. The summed E-state index contributed by atoms with van der Waals surface area (Å²) in [7, 11) is -1.37. The Hall–Kier alpha value is -1.47. The monoisotopic (exact) mass is 359 g/mol. The van der Waals surface area contributed by atoms with Crippen molar-refractivity contribution in [1.29, 1.82) is 0 Å². The van der Waals surface area contributed by atoms with Crippen LogP contribution < -0.4 is 9.47 Å². The number of hydrogen-bond acceptors (Lipinski definition) is 5. The highest BCUT2D eigenvalue weighted by atomic mass is 35.5. The Balaban J connectivity index is 1.72. The first-order valence-electron chi connectivity index (χ1n) is 7.40. The van der Waals surface area contributed by atoms with E-state index in [2.05, 4.69) is 0 Å². The predicted molar refractivity (Wildman–Crippen MR) is 86.0 cm³/mol. The number of benzene rings is 1. The van der Waals surface area contributed by atoms with Crippen LogP contribution in [-0.4, -0.2) is 57.0 Å². The summed E-state index contributed by atoms with van der Waals surface area (Å²) in [5, 5.41) is 0.413. The molecular formula is C15H18ClNO5S. The summed E-state index contributed by atoms with van der Waals surface area (Å²) in [6.07, 6.45) is 0.635. The third-order valence-electron chi connectivity index (χ3n) is 4.16. The molecule has 0 aromatic heterocycles. The van der Waals surface area contributed by atoms with Crippen molar-refractivity contribution in [1.82, 2.24) is 4.90 Å². The second-order valence-corrected chi connectivity index (χ2v) is 8.48. The van der Waals surface area contributed by atoms with Gasteiger partial charge in [-0.05, 0) is 24.1 Å². The zero-order chi connectivity index (χ0) is 16.6. The first kappa shape index (κ1) is 16.4. The maximum atomic E-state index is 12.4. The fraction of sp³-hybridized carbons (Fsp3) is 0.533. The number of amides is 1. The highest BCUT2D eigenvalue weighted by Crippen LogP contribution is 2.38. The summed E-state index contributed by atoms with van der Waals surface area (Å²) in [6.45, 7) is 0.893. The number of nitrogens with zero attached hydrogens (tertiary/aromatic N) is 1. The number of fused-ring (bicyclic) bond motifs is 1. The summed E-state index contributed by atoms with van der Waals surface area (Å²) in [6, 6.07) is 3.18. The maximum Gasteiger partial charge on any atom is 0.227 e. The molecule has 0 radical (unpaired) electrons. The summed E-state index contributed by atoms with van der Waals surface area (Å²) < 4.78 is 34.0. The van der Waals surface area contributed by atoms with E-state index in [1.165, 1.54) is 4.90 Å². The van der Waals surface area contributed by atoms with Gasteiger partial charge in [-0.2, -0.15) is 0 Å². The lowest BCUT2D eigenvalue weighted by Crippen LogP contribution is -2.38. The highest BCUT2D eigenvalue weighted by Gasteiger charge is 2.32. The number of likely N-dealkylation sites (N-methyl/N-ethyl adjacent to an activating group) is 1. The zero-order valence-electron chi connectivity index (χ0n) is 12.7. The van der Waals surface area contributed by atoms with Gasteiger partial charge in [0.05, 0.1) is 22.9 Å². The van der Waals surface area contributed by atoms with Crippen LogP contribution in [0, 0.1) is 0 Å². The van der Waals surface area contributed by atoms with Crippen molar-refractivity contribution in [2.24, 2.45) is 0 Å². The summed E-state index contributed by atoms with van der Waals surface area (Å²) in [5.74, 6) is 1.09. The number of sulfone groups is 1. The van der Waals surface area contributed by atoms with E-state index >= 15 is 0 Å². The third-order valence-corrected chi connectivity index (χ3v) is 6.19. The molecule has 1 aromatic carbocycles. The number of halogens is 1. The molecule has 1 aromatic rings. The minimum Gasteiger partial charge on any atom is -0.486 e. The first-order valence-corrected chi connectivity index (χ1v) is 9.60. The molecule has 0 saturated carbocycles. The number of ether oxygens (including phenoxy) is 2. The Labute approximate surface area is 140 Å². The van der Waals surface area contributed by atoms with E-state index in [0.29, 0.717) is 36.2 Å². The van der Waals surface area contributed by atoms with Gasteiger partial charge in [0.15, 0.2) is 21.3 Å². The molecule has 1 amide bonds. The van der Waals surface area contributed by atoms with Crippen molar-refractivity contribution >= 4 is 27.3 Å². The fourth-order valence-electron chi connectivity index (χ4n) is 2.85. The Bertz CT molecular complexity index is 734. The van der Waals surface area contributed by atoms with Crippen molar-refractivity contribution in [3.8, 4) is 11.5 Å². The van der Waals surface area contributed by atoms with Crippen LogP contribution in [0.3, 0.4) is 0 Å². The van der Waals surface area contributed by atoms with Crippen molar-refractivity contribution in [2.75, 3.05) is 31.8 Å². The molecule has 8 heteroatoms. The van der Waals surface area contributed by atoms with Gasteiger partial charge in [0, 0.05) is 13.1 Å². The van der Waals surface area contributed by atoms with E-state index in [9.17, 15) is 13.2 Å². The Morgan fingerprint density at radius 2 is 2.09 bits per heavy atom. The molecular weight excluding hydrogens is 342 g/mol. The van der Waals surface area contributed by atoms with Crippen LogP contribution in [0.15, 0.2) is 12.1 Å². The van der Waals surface area contributed by atoms with Crippen LogP contribution in [-0.2, 0) is 21.1 Å². The van der Waals surface area contributed by atoms with Crippen LogP contribution >= 0.6 is 11.6 Å². The zero-order valence-corrected chi connectivity index (χ0v) is 14.3. The van der Waals surface area contributed by atoms with Crippen LogP contribution in [0.25, 0.3) is 0 Å². The highest BCUT2D eigenvalue weighted by molar-refractivity contribution is 7.91. The molecule has 1 fully saturated rings. The van der Waals surface area contributed by atoms with E-state index < -0.39 is 9.84 Å². The number of hydrogen-bond donors (Lipinski definition) is 0. The van der Waals surface area contributed by atoms with Crippen molar-refractivity contribution in [2.45, 2.75) is 18.9 Å². The second-order valence-electron chi connectivity index (χ2n) is 5.84. The topological polar surface area (TPSA) is 72.9 Å². The number of carbonyl (C=O) groups is 1. The molecule has 0 bridgehead atoms. The van der Waals surface area contributed by atoms with Gasteiger partial charge in [-0.3, -0.25) is 4.79 Å². The first-order chi connectivity index (χ1) is 10.9. The fourth-order valence-corrected chi connectivity index (χ4v) is 4.91. The van der Waals surface area contributed by atoms with Crippen molar-refractivity contribution in [3.05, 3.63) is 22.7 Å². The molecule has 2 heterocycles. The molecule has 126 valence electrons. The smallest absolute Gasteiger partial charge is 0.227 e. The number of carbonyl (C=O) groups excluding carboxylic acids is 1. The lowest BCUT2D eigenvalue weighted by atomic mass is 10.1. The van der Waals surface area contributed by atoms with Gasteiger partial charge < -0.3 is 14.4 Å². The Kier molecular flexibility index (Phi) is 4.42. The van der Waals surface area contributed by atoms with Gasteiger partial charge >= 0.3 is 0 Å². The normalized spacial score (nSPS) is 21.9. The van der Waals surface area contributed by atoms with Gasteiger partial charge in [0.25, 0.3) is 0 Å².